The first-order chi connectivity index (χ1) is 9.15. The predicted molar refractivity (Wildman–Crippen MR) is 81.1 cm³/mol. The van der Waals surface area contributed by atoms with E-state index in [1.54, 1.807) is 24.4 Å². The van der Waals surface area contributed by atoms with Gasteiger partial charge in [0, 0.05) is 16.7 Å². The SMILES string of the molecule is O=C(C=Cc1ccc(Br)cc1)Nc1cccnc1Cl. The molecule has 5 heteroatoms. The minimum atomic E-state index is -0.252. The van der Waals surface area contributed by atoms with Crippen molar-refractivity contribution in [1.29, 1.82) is 0 Å². The normalized spacial score (nSPS) is 10.6. The van der Waals surface area contributed by atoms with E-state index >= 15 is 0 Å². The van der Waals surface area contributed by atoms with Gasteiger partial charge in [-0.25, -0.2) is 4.98 Å². The zero-order valence-electron chi connectivity index (χ0n) is 9.81. The second kappa shape index (κ2) is 6.50. The lowest BCUT2D eigenvalue weighted by atomic mass is 10.2. The molecular weight excluding hydrogens is 328 g/mol. The van der Waals surface area contributed by atoms with Crippen LogP contribution in [0.2, 0.25) is 5.15 Å². The summed E-state index contributed by atoms with van der Waals surface area (Å²) in [7, 11) is 0. The van der Waals surface area contributed by atoms with Crippen molar-refractivity contribution in [2.24, 2.45) is 0 Å². The van der Waals surface area contributed by atoms with Crippen LogP contribution in [0.3, 0.4) is 0 Å². The summed E-state index contributed by atoms with van der Waals surface area (Å²) in [5.41, 5.74) is 1.44. The van der Waals surface area contributed by atoms with Crippen LogP contribution in [0, 0.1) is 0 Å². The Hall–Kier alpha value is -1.65. The van der Waals surface area contributed by atoms with Gasteiger partial charge in [0.15, 0.2) is 5.15 Å². The number of rotatable bonds is 3. The highest BCUT2D eigenvalue weighted by Gasteiger charge is 2.02. The summed E-state index contributed by atoms with van der Waals surface area (Å²) in [6.07, 6.45) is 4.74. The van der Waals surface area contributed by atoms with Crippen LogP contribution in [0.15, 0.2) is 53.1 Å². The fraction of sp³-hybridized carbons (Fsp3) is 0. The Labute approximate surface area is 124 Å². The first-order valence-corrected chi connectivity index (χ1v) is 6.67. The molecule has 0 aliphatic carbocycles. The van der Waals surface area contributed by atoms with Crippen LogP contribution >= 0.6 is 27.5 Å². The summed E-state index contributed by atoms with van der Waals surface area (Å²) in [5.74, 6) is -0.252. The molecule has 0 aliphatic rings. The Morgan fingerprint density at radius 3 is 2.68 bits per heavy atom. The van der Waals surface area contributed by atoms with Crippen molar-refractivity contribution in [3.63, 3.8) is 0 Å². The number of anilines is 1. The number of halogens is 2. The maximum absolute atomic E-state index is 11.7. The number of hydrogen-bond donors (Lipinski definition) is 1. The number of nitrogens with zero attached hydrogens (tertiary/aromatic N) is 1. The van der Waals surface area contributed by atoms with Gasteiger partial charge in [0.25, 0.3) is 0 Å². The minimum absolute atomic E-state index is 0.252. The Morgan fingerprint density at radius 2 is 2.00 bits per heavy atom. The van der Waals surface area contributed by atoms with Crippen molar-refractivity contribution in [3.8, 4) is 0 Å². The zero-order valence-corrected chi connectivity index (χ0v) is 12.1. The number of aromatic nitrogens is 1. The number of hydrogen-bond acceptors (Lipinski definition) is 2. The van der Waals surface area contributed by atoms with Gasteiger partial charge in [-0.05, 0) is 35.9 Å². The molecule has 0 fully saturated rings. The Balaban J connectivity index is 2.02. The lowest BCUT2D eigenvalue weighted by Crippen LogP contribution is -2.08. The smallest absolute Gasteiger partial charge is 0.248 e. The van der Waals surface area contributed by atoms with Gasteiger partial charge < -0.3 is 5.32 Å². The van der Waals surface area contributed by atoms with Crippen LogP contribution in [0.4, 0.5) is 5.69 Å². The average molecular weight is 338 g/mol. The van der Waals surface area contributed by atoms with E-state index < -0.39 is 0 Å². The summed E-state index contributed by atoms with van der Waals surface area (Å²) < 4.78 is 0.997. The monoisotopic (exact) mass is 336 g/mol. The molecule has 0 aliphatic heterocycles. The molecule has 0 atom stereocenters. The largest absolute Gasteiger partial charge is 0.320 e. The van der Waals surface area contributed by atoms with E-state index in [4.69, 9.17) is 11.6 Å². The van der Waals surface area contributed by atoms with Crippen molar-refractivity contribution in [1.82, 2.24) is 4.98 Å². The van der Waals surface area contributed by atoms with Crippen LogP contribution in [-0.4, -0.2) is 10.9 Å². The second-order valence-corrected chi connectivity index (χ2v) is 4.99. The van der Waals surface area contributed by atoms with E-state index in [2.05, 4.69) is 26.2 Å². The number of nitrogens with one attached hydrogen (secondary N) is 1. The van der Waals surface area contributed by atoms with E-state index in [0.717, 1.165) is 10.0 Å². The lowest BCUT2D eigenvalue weighted by molar-refractivity contribution is -0.111. The number of carbonyl (C=O) groups excluding carboxylic acids is 1. The maximum atomic E-state index is 11.7. The molecule has 1 aromatic heterocycles. The molecule has 0 bridgehead atoms. The fourth-order valence-electron chi connectivity index (χ4n) is 1.40. The quantitative estimate of drug-likeness (QED) is 0.675. The number of carbonyl (C=O) groups is 1. The zero-order chi connectivity index (χ0) is 13.7. The van der Waals surface area contributed by atoms with Crippen LogP contribution < -0.4 is 5.32 Å². The summed E-state index contributed by atoms with van der Waals surface area (Å²) in [4.78, 5) is 15.6. The molecular formula is C14H10BrClN2O. The van der Waals surface area contributed by atoms with Crippen LogP contribution in [-0.2, 0) is 4.79 Å². The third kappa shape index (κ3) is 4.19. The van der Waals surface area contributed by atoms with E-state index in [1.165, 1.54) is 6.08 Å². The second-order valence-electron chi connectivity index (χ2n) is 3.72. The van der Waals surface area contributed by atoms with Crippen molar-refractivity contribution in [2.75, 3.05) is 5.32 Å². The van der Waals surface area contributed by atoms with Crippen molar-refractivity contribution in [3.05, 3.63) is 63.9 Å². The molecule has 0 unspecified atom stereocenters. The Bertz CT molecular complexity index is 611. The highest BCUT2D eigenvalue weighted by atomic mass is 79.9. The molecule has 2 rings (SSSR count). The van der Waals surface area contributed by atoms with Gasteiger partial charge >= 0.3 is 0 Å². The molecule has 1 heterocycles. The van der Waals surface area contributed by atoms with Gasteiger partial charge in [-0.15, -0.1) is 0 Å². The van der Waals surface area contributed by atoms with E-state index in [-0.39, 0.29) is 11.1 Å². The standard InChI is InChI=1S/C14H10BrClN2O/c15-11-6-3-10(4-7-11)5-8-13(19)18-12-2-1-9-17-14(12)16/h1-9H,(H,18,19). The van der Waals surface area contributed by atoms with Crippen molar-refractivity contribution in [2.45, 2.75) is 0 Å². The number of amides is 1. The highest BCUT2D eigenvalue weighted by molar-refractivity contribution is 9.10. The summed E-state index contributed by atoms with van der Waals surface area (Å²) in [6.45, 7) is 0. The number of pyridine rings is 1. The van der Waals surface area contributed by atoms with Crippen LogP contribution in [0.25, 0.3) is 6.08 Å². The van der Waals surface area contributed by atoms with Gasteiger partial charge in [0.2, 0.25) is 5.91 Å². The molecule has 0 saturated carbocycles. The highest BCUT2D eigenvalue weighted by Crippen LogP contribution is 2.17. The predicted octanol–water partition coefficient (Wildman–Crippen LogP) is 4.15. The van der Waals surface area contributed by atoms with Gasteiger partial charge in [-0.1, -0.05) is 39.7 Å². The third-order valence-electron chi connectivity index (χ3n) is 2.31. The van der Waals surface area contributed by atoms with Gasteiger partial charge in [0.05, 0.1) is 5.69 Å². The molecule has 3 nitrogen and oxygen atoms in total. The van der Waals surface area contributed by atoms with E-state index in [0.29, 0.717) is 5.69 Å². The summed E-state index contributed by atoms with van der Waals surface area (Å²) in [6, 6.07) is 11.0. The Kier molecular flexibility index (Phi) is 4.71. The fourth-order valence-corrected chi connectivity index (χ4v) is 1.83. The molecule has 0 saturated heterocycles. The van der Waals surface area contributed by atoms with E-state index in [1.807, 2.05) is 24.3 Å². The van der Waals surface area contributed by atoms with Crippen molar-refractivity contribution < 1.29 is 4.79 Å². The molecule has 0 radical (unpaired) electrons. The topological polar surface area (TPSA) is 42.0 Å². The van der Waals surface area contributed by atoms with Crippen LogP contribution in [0.1, 0.15) is 5.56 Å². The summed E-state index contributed by atoms with van der Waals surface area (Å²) >= 11 is 9.20. The van der Waals surface area contributed by atoms with Crippen molar-refractivity contribution >= 4 is 45.2 Å². The first-order valence-electron chi connectivity index (χ1n) is 5.50. The molecule has 0 spiro atoms. The molecule has 19 heavy (non-hydrogen) atoms. The molecule has 2 aromatic rings. The number of benzene rings is 1. The summed E-state index contributed by atoms with van der Waals surface area (Å²) in [5, 5.41) is 2.93. The molecule has 1 aromatic carbocycles. The third-order valence-corrected chi connectivity index (χ3v) is 3.14. The maximum Gasteiger partial charge on any atom is 0.248 e. The molecule has 1 N–H and O–H groups in total. The lowest BCUT2D eigenvalue weighted by Gasteiger charge is -2.02. The molecule has 1 amide bonds. The average Bonchev–Trinajstić information content (AvgIpc) is 2.41. The van der Waals surface area contributed by atoms with Gasteiger partial charge in [-0.2, -0.15) is 0 Å². The van der Waals surface area contributed by atoms with Gasteiger partial charge in [-0.3, -0.25) is 4.79 Å². The Morgan fingerprint density at radius 1 is 1.26 bits per heavy atom. The van der Waals surface area contributed by atoms with Gasteiger partial charge in [0.1, 0.15) is 0 Å². The van der Waals surface area contributed by atoms with Crippen LogP contribution in [0.5, 0.6) is 0 Å². The molecule has 96 valence electrons. The minimum Gasteiger partial charge on any atom is -0.320 e. The van der Waals surface area contributed by atoms with E-state index in [9.17, 15) is 4.79 Å². The first kappa shape index (κ1) is 13.8.